The first kappa shape index (κ1) is 24.6. The highest BCUT2D eigenvalue weighted by Crippen LogP contribution is 2.34. The Labute approximate surface area is 216 Å². The van der Waals surface area contributed by atoms with Gasteiger partial charge >= 0.3 is 0 Å². The maximum Gasteiger partial charge on any atom is 0.251 e. The van der Waals surface area contributed by atoms with Gasteiger partial charge in [-0.1, -0.05) is 36.4 Å². The highest BCUT2D eigenvalue weighted by atomic mass is 16.5. The smallest absolute Gasteiger partial charge is 0.251 e. The van der Waals surface area contributed by atoms with E-state index < -0.39 is 0 Å². The average Bonchev–Trinajstić information content (AvgIpc) is 3.35. The number of pyridine rings is 1. The normalized spacial score (nSPS) is 14.8. The lowest BCUT2D eigenvalue weighted by Crippen LogP contribution is -2.44. The number of aromatic nitrogens is 3. The monoisotopic (exact) mass is 497 g/mol. The van der Waals surface area contributed by atoms with Crippen molar-refractivity contribution in [1.29, 1.82) is 0 Å². The van der Waals surface area contributed by atoms with Gasteiger partial charge in [0.15, 0.2) is 0 Å². The summed E-state index contributed by atoms with van der Waals surface area (Å²) in [6.45, 7) is 3.94. The van der Waals surface area contributed by atoms with Crippen LogP contribution in [-0.4, -0.2) is 46.1 Å². The molecular formula is C29H31N5O3. The van der Waals surface area contributed by atoms with Gasteiger partial charge in [0, 0.05) is 62.5 Å². The second-order valence-corrected chi connectivity index (χ2v) is 9.52. The van der Waals surface area contributed by atoms with E-state index in [0.29, 0.717) is 43.1 Å². The average molecular weight is 498 g/mol. The molecule has 2 amide bonds. The fourth-order valence-electron chi connectivity index (χ4n) is 5.05. The van der Waals surface area contributed by atoms with Crippen LogP contribution in [0.4, 0.5) is 5.69 Å². The summed E-state index contributed by atoms with van der Waals surface area (Å²) < 4.78 is 7.61. The zero-order valence-electron chi connectivity index (χ0n) is 20.9. The van der Waals surface area contributed by atoms with Crippen LogP contribution in [0.1, 0.15) is 41.4 Å². The van der Waals surface area contributed by atoms with Crippen molar-refractivity contribution in [1.82, 2.24) is 19.9 Å². The molecule has 1 saturated heterocycles. The molecule has 0 radical (unpaired) electrons. The van der Waals surface area contributed by atoms with Crippen LogP contribution in [0, 0.1) is 0 Å². The number of benzene rings is 2. The van der Waals surface area contributed by atoms with Gasteiger partial charge in [-0.2, -0.15) is 0 Å². The largest absolute Gasteiger partial charge is 0.381 e. The molecule has 2 N–H and O–H groups in total. The molecule has 0 saturated carbocycles. The van der Waals surface area contributed by atoms with Crippen LogP contribution in [0.3, 0.4) is 0 Å². The number of amides is 2. The quantitative estimate of drug-likeness (QED) is 0.382. The van der Waals surface area contributed by atoms with Crippen LogP contribution >= 0.6 is 0 Å². The summed E-state index contributed by atoms with van der Waals surface area (Å²) in [5, 5.41) is 6.05. The fourth-order valence-corrected chi connectivity index (χ4v) is 5.05. The third kappa shape index (κ3) is 5.54. The number of anilines is 1. The molecule has 2 aromatic heterocycles. The number of nitrogens with one attached hydrogen (secondary N) is 2. The Bertz CT molecular complexity index is 1380. The zero-order chi connectivity index (χ0) is 25.7. The lowest BCUT2D eigenvalue weighted by Gasteiger charge is -2.38. The molecule has 8 nitrogen and oxygen atoms in total. The number of carbonyl (C=O) groups excluding carboxylic acids is 2. The summed E-state index contributed by atoms with van der Waals surface area (Å²) in [4.78, 5) is 34.3. The number of fused-ring (bicyclic) bond motifs is 1. The summed E-state index contributed by atoms with van der Waals surface area (Å²) >= 11 is 0. The van der Waals surface area contributed by atoms with Crippen molar-refractivity contribution in [2.45, 2.75) is 38.1 Å². The van der Waals surface area contributed by atoms with Crippen LogP contribution < -0.4 is 10.6 Å². The molecule has 8 heteroatoms. The first-order valence-electron chi connectivity index (χ1n) is 12.6. The molecule has 0 aliphatic carbocycles. The van der Waals surface area contributed by atoms with E-state index in [4.69, 9.17) is 4.74 Å². The minimum absolute atomic E-state index is 0.174. The Morgan fingerprint density at radius 1 is 1.03 bits per heavy atom. The van der Waals surface area contributed by atoms with Gasteiger partial charge in [0.1, 0.15) is 0 Å². The van der Waals surface area contributed by atoms with Crippen molar-refractivity contribution in [3.05, 3.63) is 90.0 Å². The molecule has 4 aromatic rings. The first-order valence-corrected chi connectivity index (χ1v) is 12.6. The second-order valence-electron chi connectivity index (χ2n) is 9.52. The minimum atomic E-state index is -0.207. The maximum atomic E-state index is 13.4. The van der Waals surface area contributed by atoms with E-state index >= 15 is 0 Å². The minimum Gasteiger partial charge on any atom is -0.381 e. The number of carbonyl (C=O) groups is 2. The van der Waals surface area contributed by atoms with E-state index in [-0.39, 0.29) is 17.2 Å². The van der Waals surface area contributed by atoms with Gasteiger partial charge in [-0.3, -0.25) is 14.6 Å². The lowest BCUT2D eigenvalue weighted by molar-refractivity contribution is -0.114. The van der Waals surface area contributed by atoms with Crippen molar-refractivity contribution >= 4 is 28.5 Å². The molecule has 37 heavy (non-hydrogen) atoms. The van der Waals surface area contributed by atoms with Gasteiger partial charge in [0.2, 0.25) is 5.91 Å². The van der Waals surface area contributed by atoms with Crippen molar-refractivity contribution in [3.63, 3.8) is 0 Å². The molecule has 5 rings (SSSR count). The summed E-state index contributed by atoms with van der Waals surface area (Å²) in [6.07, 6.45) is 5.92. The zero-order valence-corrected chi connectivity index (χ0v) is 20.9. The number of aryl methyl sites for hydroxylation is 2. The van der Waals surface area contributed by atoms with Crippen LogP contribution in [0.2, 0.25) is 0 Å². The number of hydrogen-bond acceptors (Lipinski definition) is 5. The first-order chi connectivity index (χ1) is 18.0. The predicted octanol–water partition coefficient (Wildman–Crippen LogP) is 4.11. The molecule has 2 aromatic carbocycles. The van der Waals surface area contributed by atoms with Gasteiger partial charge in [0.05, 0.1) is 23.0 Å². The van der Waals surface area contributed by atoms with E-state index in [1.807, 2.05) is 41.0 Å². The van der Waals surface area contributed by atoms with Crippen molar-refractivity contribution in [2.75, 3.05) is 25.1 Å². The SMILES string of the molecule is CC(=O)Nc1cc(C(=O)NCC2(c3ccccc3)CCOCC2)cc2ncn(CCc3ccccn3)c12. The third-order valence-electron chi connectivity index (χ3n) is 7.04. The molecule has 0 spiro atoms. The van der Waals surface area contributed by atoms with Crippen molar-refractivity contribution < 1.29 is 14.3 Å². The second kappa shape index (κ2) is 10.9. The molecule has 1 fully saturated rings. The molecule has 0 bridgehead atoms. The number of rotatable bonds is 8. The van der Waals surface area contributed by atoms with Gasteiger partial charge in [0.25, 0.3) is 5.91 Å². The number of ether oxygens (including phenoxy) is 1. The Kier molecular flexibility index (Phi) is 7.28. The molecule has 1 aliphatic heterocycles. The highest BCUT2D eigenvalue weighted by Gasteiger charge is 2.35. The number of hydrogen-bond donors (Lipinski definition) is 2. The molecule has 1 aliphatic rings. The standard InChI is InChI=1S/C29H31N5O3/c1-21(35)33-26-18-22(17-25-27(26)34(20-32-25)14-10-24-9-5-6-13-30-24)28(36)31-19-29(11-15-37-16-12-29)23-7-3-2-4-8-23/h2-9,13,17-18,20H,10-12,14-16,19H2,1H3,(H,31,36)(H,33,35). The Balaban J connectivity index is 1.39. The maximum absolute atomic E-state index is 13.4. The van der Waals surface area contributed by atoms with E-state index in [0.717, 1.165) is 30.5 Å². The highest BCUT2D eigenvalue weighted by molar-refractivity contribution is 6.05. The Morgan fingerprint density at radius 3 is 2.54 bits per heavy atom. The number of nitrogens with zero attached hydrogens (tertiary/aromatic N) is 3. The summed E-state index contributed by atoms with van der Waals surface area (Å²) in [6, 6.07) is 19.7. The third-order valence-corrected chi connectivity index (χ3v) is 7.04. The van der Waals surface area contributed by atoms with Crippen LogP contribution in [0.5, 0.6) is 0 Å². The molecule has 0 unspecified atom stereocenters. The Morgan fingerprint density at radius 2 is 1.81 bits per heavy atom. The van der Waals surface area contributed by atoms with Gasteiger partial charge in [-0.25, -0.2) is 4.98 Å². The molecule has 190 valence electrons. The molecule has 3 heterocycles. The van der Waals surface area contributed by atoms with Crippen molar-refractivity contribution in [2.24, 2.45) is 0 Å². The van der Waals surface area contributed by atoms with Gasteiger partial charge < -0.3 is 19.9 Å². The van der Waals surface area contributed by atoms with E-state index in [1.165, 1.54) is 12.5 Å². The summed E-state index contributed by atoms with van der Waals surface area (Å²) in [5.74, 6) is -0.403. The summed E-state index contributed by atoms with van der Waals surface area (Å²) in [7, 11) is 0. The van der Waals surface area contributed by atoms with Crippen LogP contribution in [0.25, 0.3) is 11.0 Å². The van der Waals surface area contributed by atoms with Crippen molar-refractivity contribution in [3.8, 4) is 0 Å². The van der Waals surface area contributed by atoms with Gasteiger partial charge in [-0.05, 0) is 42.7 Å². The van der Waals surface area contributed by atoms with E-state index in [9.17, 15) is 9.59 Å². The summed E-state index contributed by atoms with van der Waals surface area (Å²) in [5.41, 5.74) is 4.47. The topological polar surface area (TPSA) is 98.1 Å². The molecular weight excluding hydrogens is 466 g/mol. The lowest BCUT2D eigenvalue weighted by atomic mass is 9.74. The number of imidazole rings is 1. The predicted molar refractivity (Wildman–Crippen MR) is 142 cm³/mol. The Hall–Kier alpha value is -4.04. The van der Waals surface area contributed by atoms with E-state index in [1.54, 1.807) is 24.7 Å². The van der Waals surface area contributed by atoms with E-state index in [2.05, 4.69) is 32.7 Å². The van der Waals surface area contributed by atoms with Crippen LogP contribution in [-0.2, 0) is 27.9 Å². The van der Waals surface area contributed by atoms with Gasteiger partial charge in [-0.15, -0.1) is 0 Å². The van der Waals surface area contributed by atoms with Crippen LogP contribution in [0.15, 0.2) is 73.2 Å². The molecule has 0 atom stereocenters. The fraction of sp³-hybridized carbons (Fsp3) is 0.310.